The van der Waals surface area contributed by atoms with Crippen LogP contribution in [0.1, 0.15) is 98.4 Å². The van der Waals surface area contributed by atoms with Crippen molar-refractivity contribution < 1.29 is 59.5 Å². The molecule has 0 bridgehead atoms. The van der Waals surface area contributed by atoms with Gasteiger partial charge in [-0.1, -0.05) is 151 Å². The Morgan fingerprint density at radius 3 is 1.35 bits per heavy atom. The number of benzene rings is 4. The first-order chi connectivity index (χ1) is 36.8. The normalized spacial score (nSPS) is 19.5. The number of nitrogens with zero attached hydrogens (tertiary/aromatic N) is 6. The summed E-state index contributed by atoms with van der Waals surface area (Å²) >= 11 is 0. The van der Waals surface area contributed by atoms with Crippen LogP contribution in [-0.2, 0) is 56.2 Å². The second-order valence-electron chi connectivity index (χ2n) is 23.3. The van der Waals surface area contributed by atoms with Gasteiger partial charge in [-0.2, -0.15) is 26.2 Å². The fourth-order valence-electron chi connectivity index (χ4n) is 11.2. The van der Waals surface area contributed by atoms with Gasteiger partial charge in [-0.25, -0.2) is 0 Å². The molecule has 0 N–H and O–H groups in total. The minimum Gasteiger partial charge on any atom is -0.591 e. The molecule has 0 unspecified atom stereocenters. The summed E-state index contributed by atoms with van der Waals surface area (Å²) in [5.74, 6) is 0. The number of anilines is 3. The van der Waals surface area contributed by atoms with E-state index >= 15 is 0 Å². The number of para-hydroxylation sites is 4. The van der Waals surface area contributed by atoms with Gasteiger partial charge in [0.15, 0.2) is 12.8 Å². The van der Waals surface area contributed by atoms with Crippen LogP contribution in [0.25, 0.3) is 5.32 Å². The molecule has 0 spiro atoms. The molecular formula is C65H76F3N6O4OsS+2. The van der Waals surface area contributed by atoms with Crippen LogP contribution in [0.15, 0.2) is 193 Å². The summed E-state index contributed by atoms with van der Waals surface area (Å²) < 4.78 is 73.0. The van der Waals surface area contributed by atoms with Crippen LogP contribution in [-0.4, -0.2) is 80.8 Å². The topological polar surface area (TPSA) is 90.3 Å². The fourth-order valence-corrected chi connectivity index (χ4v) is 11.9. The number of rotatable bonds is 10. The zero-order valence-electron chi connectivity index (χ0n) is 48.9. The van der Waals surface area contributed by atoms with Gasteiger partial charge in [-0.05, 0) is 87.7 Å². The maximum atomic E-state index is 13.5. The van der Waals surface area contributed by atoms with Crippen molar-refractivity contribution in [2.45, 2.75) is 109 Å². The third-order valence-electron chi connectivity index (χ3n) is 15.5. The van der Waals surface area contributed by atoms with Crippen molar-refractivity contribution in [3.8, 4) is 0 Å². The van der Waals surface area contributed by atoms with E-state index in [1.54, 1.807) is 12.2 Å². The quantitative estimate of drug-likeness (QED) is 0.0887. The number of fused-ring (bicyclic) bond motifs is 4. The molecule has 4 heterocycles. The third kappa shape index (κ3) is 12.3. The summed E-state index contributed by atoms with van der Waals surface area (Å²) in [4.78, 5) is 18.9. The molecule has 0 saturated carbocycles. The van der Waals surface area contributed by atoms with Gasteiger partial charge in [0.1, 0.15) is 12.6 Å². The van der Waals surface area contributed by atoms with Crippen LogP contribution >= 0.6 is 0 Å². The van der Waals surface area contributed by atoms with Gasteiger partial charge < -0.3 is 24.8 Å². The number of halogens is 3. The summed E-state index contributed by atoms with van der Waals surface area (Å²) in [5.41, 5.74) is 6.98. The maximum absolute atomic E-state index is 13.5. The predicted octanol–water partition coefficient (Wildman–Crippen LogP) is 15.0. The maximum Gasteiger partial charge on any atom is 1.00 e. The number of carbonyl (C=O) groups excluding carboxylic acids is 1. The summed E-state index contributed by atoms with van der Waals surface area (Å²) in [6.07, 6.45) is 20.8. The van der Waals surface area contributed by atoms with E-state index in [2.05, 4.69) is 145 Å². The Balaban J connectivity index is 0.000000255. The number of hydrogen-bond donors (Lipinski definition) is 0. The zero-order chi connectivity index (χ0) is 58.3. The van der Waals surface area contributed by atoms with Gasteiger partial charge in [0.2, 0.25) is 17.5 Å². The Labute approximate surface area is 486 Å². The number of ether oxygens (including phenoxy) is 1. The average molecular weight is 1280 g/mol. The molecule has 10 nitrogen and oxygen atoms in total. The van der Waals surface area contributed by atoms with E-state index in [9.17, 15) is 26.4 Å². The fraction of sp³-hybridized carbons (Fsp3) is 0.338. The zero-order valence-corrected chi connectivity index (χ0v) is 52.2. The monoisotopic (exact) mass is 1290 g/mol. The number of allylic oxidation sites excluding steroid dienone is 15. The van der Waals surface area contributed by atoms with E-state index in [1.165, 1.54) is 46.1 Å². The van der Waals surface area contributed by atoms with E-state index in [1.807, 2.05) is 130 Å². The molecule has 1 amide bonds. The van der Waals surface area contributed by atoms with Crippen LogP contribution in [0.3, 0.4) is 0 Å². The van der Waals surface area contributed by atoms with E-state index in [0.29, 0.717) is 5.70 Å². The van der Waals surface area contributed by atoms with Crippen molar-refractivity contribution in [1.29, 1.82) is 0 Å². The van der Waals surface area contributed by atoms with Crippen LogP contribution in [0.2, 0.25) is 0 Å². The molecule has 0 aromatic heterocycles. The Hall–Kier alpha value is -6.81. The first-order valence-corrected chi connectivity index (χ1v) is 27.8. The number of alkyl halides is 3. The summed E-state index contributed by atoms with van der Waals surface area (Å²) in [6, 6.07) is 32.9. The SMILES string of the molecule is CN1/C(=C/C=C/C(/C=C/C=C2/N(C)c3ccccc3C2(C)C)=[N+](C)S(=O)(=O)C(F)(F)F)C(C)(C)c2ccccc21.CN1/C(=C/C=C/C(=C/C=C/C2=[N+](C)c3ccccc3C2(C)C)[N-]C(=O)OC(C)(C)C)C(C)(C)c2ccccc21.[Os+]. The molecule has 4 aromatic carbocycles. The summed E-state index contributed by atoms with van der Waals surface area (Å²) in [5, 5.41) is 4.28. The van der Waals surface area contributed by atoms with Crippen molar-refractivity contribution in [2.75, 3.05) is 49.9 Å². The molecule has 423 valence electrons. The van der Waals surface area contributed by atoms with Crippen molar-refractivity contribution >= 4 is 50.3 Å². The van der Waals surface area contributed by atoms with Gasteiger partial charge in [-0.3, -0.25) is 4.79 Å². The minimum absolute atomic E-state index is 0. The Kier molecular flexibility index (Phi) is 18.2. The summed E-state index contributed by atoms with van der Waals surface area (Å²) in [6.45, 7) is 22.7. The Morgan fingerprint density at radius 1 is 0.600 bits per heavy atom. The molecule has 0 aliphatic carbocycles. The van der Waals surface area contributed by atoms with Crippen molar-refractivity contribution in [3.05, 3.63) is 220 Å². The molecule has 4 aromatic rings. The van der Waals surface area contributed by atoms with E-state index in [-0.39, 0.29) is 51.1 Å². The van der Waals surface area contributed by atoms with Gasteiger partial charge in [0.05, 0.1) is 5.41 Å². The molecule has 15 heteroatoms. The molecule has 80 heavy (non-hydrogen) atoms. The number of carbonyl (C=O) groups is 1. The molecule has 4 aliphatic rings. The second-order valence-corrected chi connectivity index (χ2v) is 25.3. The van der Waals surface area contributed by atoms with Gasteiger partial charge in [-0.15, -0.1) is 9.68 Å². The standard InChI is InChI=1S/C34H41N3O2.C31H35F3N3O2S.Os/c1-32(2,3)39-31(38)35-24(16-14-22-29-33(4,5)25-18-10-12-20-27(25)36(29)8)17-15-23-30-34(6,7)26-19-11-13-21-28(26)37(30)9;1-29(2)23-16-8-10-18-25(23)35(5)27(29)20-12-14-22(37(7)40(38,39)31(32,33)34)15-13-21-28-30(3,4)24-17-9-11-19-26(24)36(28)6;/h10-23H,1-9H3;8-21H,1-7H3;/q;2*+1/b16-14+,29-22+;;. The molecule has 4 aliphatic heterocycles. The predicted molar refractivity (Wildman–Crippen MR) is 319 cm³/mol. The molecule has 8 rings (SSSR count). The number of sulfonamides is 1. The number of hydrogen-bond acceptors (Lipinski definition) is 7. The third-order valence-corrected chi connectivity index (χ3v) is 17.0. The van der Waals surface area contributed by atoms with Crippen LogP contribution in [0, 0.1) is 0 Å². The average Bonchev–Trinajstić information content (AvgIpc) is 3.87. The molecule has 0 fully saturated rings. The van der Waals surface area contributed by atoms with Crippen LogP contribution < -0.4 is 14.7 Å². The molecular weight excluding hydrogens is 1210 g/mol. The Morgan fingerprint density at radius 2 is 0.975 bits per heavy atom. The van der Waals surface area contributed by atoms with Gasteiger partial charge >= 0.3 is 35.3 Å². The van der Waals surface area contributed by atoms with Crippen LogP contribution in [0.5, 0.6) is 0 Å². The first kappa shape index (κ1) is 62.4. The minimum atomic E-state index is -5.60. The second kappa shape index (κ2) is 23.3. The molecule has 0 atom stereocenters. The van der Waals surface area contributed by atoms with Crippen LogP contribution in [0.4, 0.5) is 40.7 Å². The van der Waals surface area contributed by atoms with Gasteiger partial charge in [0.25, 0.3) is 0 Å². The van der Waals surface area contributed by atoms with E-state index in [0.717, 1.165) is 40.9 Å². The number of likely N-dealkylation sites (N-methyl/N-ethyl adjacent to an activating group) is 3. The first-order valence-electron chi connectivity index (χ1n) is 26.4. The summed E-state index contributed by atoms with van der Waals surface area (Å²) in [7, 11) is 3.36. The smallest absolute Gasteiger partial charge is 0.591 e. The Bertz CT molecular complexity index is 3400. The number of amides is 1. The molecule has 0 saturated heterocycles. The molecule has 1 radical (unpaired) electrons. The van der Waals surface area contributed by atoms with E-state index in [4.69, 9.17) is 4.74 Å². The largest absolute Gasteiger partial charge is 1.00 e. The van der Waals surface area contributed by atoms with Crippen molar-refractivity contribution in [3.63, 3.8) is 0 Å². The van der Waals surface area contributed by atoms with Gasteiger partial charge in [0, 0.05) is 101 Å². The van der Waals surface area contributed by atoms with Crippen molar-refractivity contribution in [2.24, 2.45) is 0 Å². The van der Waals surface area contributed by atoms with E-state index < -0.39 is 27.2 Å². The van der Waals surface area contributed by atoms with Crippen molar-refractivity contribution in [1.82, 2.24) is 0 Å².